The molecular formula is C16H30N6O3. The van der Waals surface area contributed by atoms with Crippen LogP contribution >= 0.6 is 0 Å². The highest BCUT2D eigenvalue weighted by molar-refractivity contribution is 5.36. The smallest absolute Gasteiger partial charge is 0.323 e. The van der Waals surface area contributed by atoms with Crippen molar-refractivity contribution in [3.05, 3.63) is 12.7 Å². The highest BCUT2D eigenvalue weighted by atomic mass is 16.5. The molecule has 1 aromatic heterocycles. The highest BCUT2D eigenvalue weighted by Gasteiger charge is 2.09. The van der Waals surface area contributed by atoms with Crippen LogP contribution < -0.4 is 21.1 Å². The van der Waals surface area contributed by atoms with Gasteiger partial charge in [0.2, 0.25) is 11.9 Å². The molecule has 0 spiro atoms. The first-order valence-corrected chi connectivity index (χ1v) is 8.55. The van der Waals surface area contributed by atoms with Crippen LogP contribution in [0.5, 0.6) is 6.01 Å². The van der Waals surface area contributed by atoms with E-state index in [1.54, 1.807) is 6.08 Å². The third kappa shape index (κ3) is 9.80. The largest absolute Gasteiger partial charge is 0.459 e. The van der Waals surface area contributed by atoms with Crippen molar-refractivity contribution >= 4 is 11.9 Å². The molecule has 9 nitrogen and oxygen atoms in total. The van der Waals surface area contributed by atoms with Gasteiger partial charge in [-0.15, -0.1) is 0 Å². The number of hydrogen-bond donors (Lipinski definition) is 3. The summed E-state index contributed by atoms with van der Waals surface area (Å²) >= 11 is 0. The van der Waals surface area contributed by atoms with Crippen LogP contribution in [-0.4, -0.2) is 67.1 Å². The van der Waals surface area contributed by atoms with Gasteiger partial charge in [-0.05, 0) is 13.3 Å². The summed E-state index contributed by atoms with van der Waals surface area (Å²) in [6.07, 6.45) is 2.59. The highest BCUT2D eigenvalue weighted by Crippen LogP contribution is 2.12. The molecule has 1 rings (SSSR count). The Morgan fingerprint density at radius 3 is 2.52 bits per heavy atom. The minimum Gasteiger partial charge on any atom is -0.459 e. The Labute approximate surface area is 149 Å². The number of anilines is 2. The molecule has 0 saturated heterocycles. The van der Waals surface area contributed by atoms with Crippen molar-refractivity contribution in [3.8, 4) is 6.01 Å². The summed E-state index contributed by atoms with van der Waals surface area (Å²) < 4.78 is 16.1. The molecule has 0 amide bonds. The fourth-order valence-corrected chi connectivity index (χ4v) is 1.66. The van der Waals surface area contributed by atoms with Crippen molar-refractivity contribution in [2.75, 3.05) is 56.8 Å². The summed E-state index contributed by atoms with van der Waals surface area (Å²) in [5, 5.41) is 6.31. The zero-order valence-corrected chi connectivity index (χ0v) is 15.2. The average Bonchev–Trinajstić information content (AvgIpc) is 2.62. The first-order valence-electron chi connectivity index (χ1n) is 8.55. The molecule has 0 radical (unpaired) electrons. The second kappa shape index (κ2) is 13.3. The molecule has 0 aromatic carbocycles. The summed E-state index contributed by atoms with van der Waals surface area (Å²) in [4.78, 5) is 12.8. The topological polar surface area (TPSA) is 116 Å². The van der Waals surface area contributed by atoms with Gasteiger partial charge in [-0.1, -0.05) is 19.6 Å². The number of nitrogens with one attached hydrogen (secondary N) is 2. The minimum atomic E-state index is 0.249. The number of aromatic nitrogens is 3. The maximum atomic E-state index is 5.45. The number of rotatable bonds is 15. The van der Waals surface area contributed by atoms with Crippen LogP contribution in [0.4, 0.5) is 11.9 Å². The van der Waals surface area contributed by atoms with Crippen molar-refractivity contribution in [2.24, 2.45) is 5.73 Å². The summed E-state index contributed by atoms with van der Waals surface area (Å²) in [5.41, 5.74) is 5.33. The molecule has 1 unspecified atom stereocenters. The molecule has 1 heterocycles. The lowest BCUT2D eigenvalue weighted by atomic mass is 10.3. The van der Waals surface area contributed by atoms with Crippen LogP contribution in [0, 0.1) is 0 Å². The summed E-state index contributed by atoms with van der Waals surface area (Å²) in [6, 6.07) is 0.499. The number of nitrogens with zero attached hydrogens (tertiary/aromatic N) is 3. The van der Waals surface area contributed by atoms with Gasteiger partial charge in [0.05, 0.1) is 26.4 Å². The number of ether oxygens (including phenoxy) is 3. The van der Waals surface area contributed by atoms with Crippen LogP contribution in [0.1, 0.15) is 20.3 Å². The minimum absolute atomic E-state index is 0.249. The normalized spacial score (nSPS) is 11.8. The molecule has 1 aromatic rings. The van der Waals surface area contributed by atoms with E-state index in [4.69, 9.17) is 19.9 Å². The number of hydrogen-bond acceptors (Lipinski definition) is 9. The Balaban J connectivity index is 2.46. The van der Waals surface area contributed by atoms with E-state index in [0.29, 0.717) is 58.0 Å². The van der Waals surface area contributed by atoms with Crippen LogP contribution in [-0.2, 0) is 9.47 Å². The summed E-state index contributed by atoms with van der Waals surface area (Å²) in [7, 11) is 0. The summed E-state index contributed by atoms with van der Waals surface area (Å²) in [5.74, 6) is 0.907. The molecule has 0 aliphatic rings. The zero-order valence-electron chi connectivity index (χ0n) is 15.2. The van der Waals surface area contributed by atoms with Gasteiger partial charge >= 0.3 is 6.01 Å². The van der Waals surface area contributed by atoms with Crippen molar-refractivity contribution in [2.45, 2.75) is 26.3 Å². The maximum Gasteiger partial charge on any atom is 0.323 e. The van der Waals surface area contributed by atoms with Gasteiger partial charge in [0.25, 0.3) is 0 Å². The van der Waals surface area contributed by atoms with Gasteiger partial charge < -0.3 is 30.6 Å². The zero-order chi connectivity index (χ0) is 18.3. The van der Waals surface area contributed by atoms with Crippen molar-refractivity contribution in [3.63, 3.8) is 0 Å². The van der Waals surface area contributed by atoms with Gasteiger partial charge in [-0.3, -0.25) is 0 Å². The molecule has 4 N–H and O–H groups in total. The first kappa shape index (κ1) is 21.1. The van der Waals surface area contributed by atoms with Crippen LogP contribution in [0.2, 0.25) is 0 Å². The molecule has 0 bridgehead atoms. The quantitative estimate of drug-likeness (QED) is 0.314. The summed E-state index contributed by atoms with van der Waals surface area (Å²) in [6.45, 7) is 11.3. The second-order valence-electron chi connectivity index (χ2n) is 5.26. The van der Waals surface area contributed by atoms with Gasteiger partial charge in [0.1, 0.15) is 6.61 Å². The molecule has 0 fully saturated rings. The molecule has 0 aliphatic heterocycles. The fraction of sp³-hybridized carbons (Fsp3) is 0.688. The predicted molar refractivity (Wildman–Crippen MR) is 98.1 cm³/mol. The molecular weight excluding hydrogens is 324 g/mol. The lowest BCUT2D eigenvalue weighted by molar-refractivity contribution is 0.0547. The first-order chi connectivity index (χ1) is 12.2. The Morgan fingerprint density at radius 1 is 1.12 bits per heavy atom. The Morgan fingerprint density at radius 2 is 1.84 bits per heavy atom. The van der Waals surface area contributed by atoms with Gasteiger partial charge in [-0.2, -0.15) is 15.0 Å². The van der Waals surface area contributed by atoms with Crippen LogP contribution in [0.15, 0.2) is 12.7 Å². The molecule has 142 valence electrons. The molecule has 1 atom stereocenters. The Bertz CT molecular complexity index is 489. The lowest BCUT2D eigenvalue weighted by Gasteiger charge is -2.13. The van der Waals surface area contributed by atoms with Crippen molar-refractivity contribution in [1.29, 1.82) is 0 Å². The van der Waals surface area contributed by atoms with Gasteiger partial charge in [0, 0.05) is 19.1 Å². The van der Waals surface area contributed by atoms with Crippen molar-refractivity contribution in [1.82, 2.24) is 15.0 Å². The van der Waals surface area contributed by atoms with E-state index in [1.165, 1.54) is 0 Å². The van der Waals surface area contributed by atoms with E-state index in [0.717, 1.165) is 6.42 Å². The average molecular weight is 354 g/mol. The number of nitrogens with two attached hydrogens (primary N) is 1. The fourth-order valence-electron chi connectivity index (χ4n) is 1.66. The Hall–Kier alpha value is -1.97. The molecule has 0 saturated carbocycles. The molecule has 25 heavy (non-hydrogen) atoms. The van der Waals surface area contributed by atoms with Crippen molar-refractivity contribution < 1.29 is 14.2 Å². The third-order valence-electron chi connectivity index (χ3n) is 3.10. The van der Waals surface area contributed by atoms with Gasteiger partial charge in [0.15, 0.2) is 0 Å². The standard InChI is InChI=1S/C16H30N6O3/c1-4-8-25-16-21-14(20-15(22-16)19-13(3)5-2)18-7-10-24-12-11-23-9-6-17/h4,13H,1,5-12,17H2,2-3H3,(H2,18,19,20,21,22). The van der Waals surface area contributed by atoms with E-state index < -0.39 is 0 Å². The predicted octanol–water partition coefficient (Wildman–Crippen LogP) is 1.05. The Kier molecular flexibility index (Phi) is 11.2. The lowest BCUT2D eigenvalue weighted by Crippen LogP contribution is -2.19. The van der Waals surface area contributed by atoms with E-state index in [9.17, 15) is 0 Å². The molecule has 0 aliphatic carbocycles. The monoisotopic (exact) mass is 354 g/mol. The van der Waals surface area contributed by atoms with Crippen LogP contribution in [0.3, 0.4) is 0 Å². The van der Waals surface area contributed by atoms with E-state index in [-0.39, 0.29) is 12.1 Å². The van der Waals surface area contributed by atoms with E-state index >= 15 is 0 Å². The van der Waals surface area contributed by atoms with E-state index in [2.05, 4.69) is 46.0 Å². The second-order valence-corrected chi connectivity index (χ2v) is 5.26. The molecule has 9 heteroatoms. The van der Waals surface area contributed by atoms with Crippen LogP contribution in [0.25, 0.3) is 0 Å². The maximum absolute atomic E-state index is 5.45. The SMILES string of the molecule is C=CCOc1nc(NCCOCCOCCN)nc(NC(C)CC)n1. The van der Waals surface area contributed by atoms with Gasteiger partial charge in [-0.25, -0.2) is 0 Å². The van der Waals surface area contributed by atoms with E-state index in [1.807, 2.05) is 0 Å². The third-order valence-corrected chi connectivity index (χ3v) is 3.10.